The largest absolute Gasteiger partial charge is 0.317 e. The maximum absolute atomic E-state index is 3.60. The number of hydrogen-bond acceptors (Lipinski definition) is 4. The van der Waals surface area contributed by atoms with Crippen LogP contribution in [-0.4, -0.2) is 51.9 Å². The molecule has 0 spiro atoms. The summed E-state index contributed by atoms with van der Waals surface area (Å²) in [6.07, 6.45) is 9.14. The van der Waals surface area contributed by atoms with E-state index in [1.165, 1.54) is 58.0 Å². The van der Waals surface area contributed by atoms with Gasteiger partial charge in [-0.15, -0.1) is 49.6 Å². The van der Waals surface area contributed by atoms with Crippen molar-refractivity contribution in [3.63, 3.8) is 0 Å². The molecule has 1 unspecified atom stereocenters. The van der Waals surface area contributed by atoms with Crippen LogP contribution in [0.25, 0.3) is 0 Å². The van der Waals surface area contributed by atoms with E-state index >= 15 is 0 Å². The SMILES string of the molecule is CCCNCCCNCCCNCCC1CCCCN1.Cl.Cl.Cl.Cl. The van der Waals surface area contributed by atoms with Crippen molar-refractivity contribution in [3.05, 3.63) is 0 Å². The molecule has 1 rings (SSSR count). The Bertz CT molecular complexity index is 209. The van der Waals surface area contributed by atoms with Gasteiger partial charge in [-0.3, -0.25) is 0 Å². The Kier molecular flexibility index (Phi) is 35.7. The van der Waals surface area contributed by atoms with Gasteiger partial charge in [0, 0.05) is 6.04 Å². The third-order valence-electron chi connectivity index (χ3n) is 3.92. The van der Waals surface area contributed by atoms with Crippen molar-refractivity contribution >= 4 is 49.6 Å². The Morgan fingerprint density at radius 2 is 1.29 bits per heavy atom. The first-order valence-corrected chi connectivity index (χ1v) is 8.79. The van der Waals surface area contributed by atoms with E-state index in [1.54, 1.807) is 0 Å². The first-order valence-electron chi connectivity index (χ1n) is 8.79. The number of hydrogen-bond donors (Lipinski definition) is 4. The van der Waals surface area contributed by atoms with Crippen molar-refractivity contribution in [1.29, 1.82) is 0 Å². The van der Waals surface area contributed by atoms with Crippen molar-refractivity contribution in [1.82, 2.24) is 21.3 Å². The lowest BCUT2D eigenvalue weighted by atomic mass is 10.0. The number of halogens is 4. The van der Waals surface area contributed by atoms with Crippen LogP contribution in [0.1, 0.15) is 51.9 Å². The van der Waals surface area contributed by atoms with Gasteiger partial charge in [-0.1, -0.05) is 13.3 Å². The highest BCUT2D eigenvalue weighted by molar-refractivity contribution is 5.86. The maximum Gasteiger partial charge on any atom is 0.00791 e. The zero-order chi connectivity index (χ0) is 14.3. The molecule has 1 heterocycles. The topological polar surface area (TPSA) is 48.1 Å². The van der Waals surface area contributed by atoms with E-state index in [-0.39, 0.29) is 49.6 Å². The predicted octanol–water partition coefficient (Wildman–Crippen LogP) is 3.16. The van der Waals surface area contributed by atoms with Gasteiger partial charge in [-0.05, 0) is 84.3 Å². The summed E-state index contributed by atoms with van der Waals surface area (Å²) in [7, 11) is 0. The van der Waals surface area contributed by atoms with Gasteiger partial charge in [0.2, 0.25) is 0 Å². The first-order chi connectivity index (χ1) is 9.93. The van der Waals surface area contributed by atoms with E-state index in [0.29, 0.717) is 0 Å². The quantitative estimate of drug-likeness (QED) is 0.339. The Balaban J connectivity index is -0.000000500. The van der Waals surface area contributed by atoms with Gasteiger partial charge >= 0.3 is 0 Å². The maximum atomic E-state index is 3.60. The lowest BCUT2D eigenvalue weighted by molar-refractivity contribution is 0.376. The van der Waals surface area contributed by atoms with Crippen LogP contribution in [0.4, 0.5) is 0 Å². The molecule has 152 valence electrons. The summed E-state index contributed by atoms with van der Waals surface area (Å²) in [6.45, 7) is 10.3. The van der Waals surface area contributed by atoms with Gasteiger partial charge < -0.3 is 21.3 Å². The molecule has 4 nitrogen and oxygen atoms in total. The van der Waals surface area contributed by atoms with E-state index in [4.69, 9.17) is 0 Å². The molecule has 1 fully saturated rings. The summed E-state index contributed by atoms with van der Waals surface area (Å²) < 4.78 is 0. The zero-order valence-electron chi connectivity index (χ0n) is 15.1. The molecule has 0 radical (unpaired) electrons. The van der Waals surface area contributed by atoms with Crippen LogP contribution in [0.5, 0.6) is 0 Å². The molecule has 1 atom stereocenters. The minimum Gasteiger partial charge on any atom is -0.317 e. The van der Waals surface area contributed by atoms with Gasteiger partial charge in [0.1, 0.15) is 0 Å². The molecule has 0 aromatic carbocycles. The van der Waals surface area contributed by atoms with E-state index in [2.05, 4.69) is 28.2 Å². The molecule has 0 bridgehead atoms. The van der Waals surface area contributed by atoms with E-state index in [0.717, 1.165) is 38.8 Å². The zero-order valence-corrected chi connectivity index (χ0v) is 18.4. The minimum atomic E-state index is 0. The van der Waals surface area contributed by atoms with Crippen LogP contribution >= 0.6 is 49.6 Å². The molecular formula is C16H40Cl4N4. The summed E-state index contributed by atoms with van der Waals surface area (Å²) in [5, 5.41) is 14.1. The van der Waals surface area contributed by atoms with E-state index < -0.39 is 0 Å². The molecule has 1 aliphatic heterocycles. The Morgan fingerprint density at radius 3 is 1.79 bits per heavy atom. The number of piperidine rings is 1. The second-order valence-corrected chi connectivity index (χ2v) is 5.89. The monoisotopic (exact) mass is 428 g/mol. The molecular weight excluding hydrogens is 390 g/mol. The van der Waals surface area contributed by atoms with Gasteiger partial charge in [-0.25, -0.2) is 0 Å². The number of nitrogens with one attached hydrogen (secondary N) is 4. The predicted molar refractivity (Wildman–Crippen MR) is 117 cm³/mol. The van der Waals surface area contributed by atoms with Crippen LogP contribution in [0.15, 0.2) is 0 Å². The molecule has 0 aromatic heterocycles. The Hall–Kier alpha value is 1.00. The lowest BCUT2D eigenvalue weighted by Crippen LogP contribution is -2.36. The van der Waals surface area contributed by atoms with Gasteiger partial charge in [0.25, 0.3) is 0 Å². The molecule has 0 aromatic rings. The van der Waals surface area contributed by atoms with Gasteiger partial charge in [0.15, 0.2) is 0 Å². The number of rotatable bonds is 13. The smallest absolute Gasteiger partial charge is 0.00791 e. The second kappa shape index (κ2) is 26.2. The van der Waals surface area contributed by atoms with Gasteiger partial charge in [0.05, 0.1) is 0 Å². The van der Waals surface area contributed by atoms with Crippen LogP contribution in [-0.2, 0) is 0 Å². The Labute approximate surface area is 174 Å². The normalized spacial score (nSPS) is 16.1. The third kappa shape index (κ3) is 21.0. The fraction of sp³-hybridized carbons (Fsp3) is 1.00. The Morgan fingerprint density at radius 1 is 0.750 bits per heavy atom. The van der Waals surface area contributed by atoms with E-state index in [9.17, 15) is 0 Å². The standard InChI is InChI=1S/C16H36N4.4ClH/c1-2-9-17-10-5-11-18-12-6-13-19-15-8-16-7-3-4-14-20-16;;;;/h16-20H,2-15H2,1H3;4*1H. The highest BCUT2D eigenvalue weighted by Gasteiger charge is 2.10. The average molecular weight is 430 g/mol. The summed E-state index contributed by atoms with van der Waals surface area (Å²) in [5.74, 6) is 0. The van der Waals surface area contributed by atoms with Crippen LogP contribution in [0, 0.1) is 0 Å². The second-order valence-electron chi connectivity index (χ2n) is 5.89. The van der Waals surface area contributed by atoms with Crippen molar-refractivity contribution in [2.24, 2.45) is 0 Å². The average Bonchev–Trinajstić information content (AvgIpc) is 2.49. The van der Waals surface area contributed by atoms with Crippen molar-refractivity contribution in [2.75, 3.05) is 45.8 Å². The summed E-state index contributed by atoms with van der Waals surface area (Å²) in [5.41, 5.74) is 0. The molecule has 24 heavy (non-hydrogen) atoms. The van der Waals surface area contributed by atoms with Crippen LogP contribution in [0.2, 0.25) is 0 Å². The summed E-state index contributed by atoms with van der Waals surface area (Å²) >= 11 is 0. The molecule has 8 heteroatoms. The molecule has 0 amide bonds. The fourth-order valence-corrected chi connectivity index (χ4v) is 2.68. The molecule has 1 aliphatic rings. The third-order valence-corrected chi connectivity index (χ3v) is 3.92. The van der Waals surface area contributed by atoms with Crippen molar-refractivity contribution in [2.45, 2.75) is 57.9 Å². The molecule has 0 saturated carbocycles. The minimum absolute atomic E-state index is 0. The van der Waals surface area contributed by atoms with Crippen molar-refractivity contribution < 1.29 is 0 Å². The molecule has 0 aliphatic carbocycles. The van der Waals surface area contributed by atoms with Gasteiger partial charge in [-0.2, -0.15) is 0 Å². The fourth-order valence-electron chi connectivity index (χ4n) is 2.68. The summed E-state index contributed by atoms with van der Waals surface area (Å²) in [6, 6.07) is 0.769. The van der Waals surface area contributed by atoms with Crippen LogP contribution < -0.4 is 21.3 Å². The van der Waals surface area contributed by atoms with E-state index in [1.807, 2.05) is 0 Å². The first kappa shape index (κ1) is 32.7. The summed E-state index contributed by atoms with van der Waals surface area (Å²) in [4.78, 5) is 0. The lowest BCUT2D eigenvalue weighted by Gasteiger charge is -2.23. The molecule has 1 saturated heterocycles. The highest BCUT2D eigenvalue weighted by atomic mass is 35.5. The van der Waals surface area contributed by atoms with Crippen molar-refractivity contribution in [3.8, 4) is 0 Å². The molecule has 4 N–H and O–H groups in total. The highest BCUT2D eigenvalue weighted by Crippen LogP contribution is 2.08. The van der Waals surface area contributed by atoms with Crippen LogP contribution in [0.3, 0.4) is 0 Å².